The van der Waals surface area contributed by atoms with Crippen molar-refractivity contribution in [3.63, 3.8) is 0 Å². The molecule has 0 radical (unpaired) electrons. The Morgan fingerprint density at radius 1 is 0.178 bits per heavy atom. The van der Waals surface area contributed by atoms with Gasteiger partial charge in [0.15, 0.2) is 24.8 Å². The topological polar surface area (TPSA) is 68.1 Å². The molecule has 16 aromatic carbocycles. The summed E-state index contributed by atoms with van der Waals surface area (Å²) in [6, 6.07) is 118. The highest BCUT2D eigenvalue weighted by Gasteiger charge is 2.30. The number of pyridine rings is 4. The van der Waals surface area contributed by atoms with Gasteiger partial charge in [0.2, 0.25) is 22.8 Å². The molecule has 0 spiro atoms. The molecule has 0 aliphatic rings. The van der Waals surface area contributed by atoms with Gasteiger partial charge >= 0.3 is 0 Å². The van der Waals surface area contributed by atoms with Crippen LogP contribution in [0.4, 0.5) is 0 Å². The Kier molecular flexibility index (Phi) is 20.4. The predicted molar refractivity (Wildman–Crippen MR) is 536 cm³/mol. The molecule has 0 saturated carbocycles. The summed E-state index contributed by atoms with van der Waals surface area (Å²) in [6.07, 6.45) is 8.79. The minimum Gasteiger partial charge on any atom is -0.454 e. The average molecular weight is 1670 g/mol. The number of furan rings is 4. The molecule has 0 saturated heterocycles. The lowest BCUT2D eigenvalue weighted by atomic mass is 9.94. The van der Waals surface area contributed by atoms with E-state index in [0.717, 1.165) is 127 Å². The number of hydrogen-bond acceptors (Lipinski definition) is 4. The van der Waals surface area contributed by atoms with E-state index in [1.54, 1.807) is 0 Å². The molecule has 0 bridgehead atoms. The first-order valence-corrected chi connectivity index (χ1v) is 44.5. The molecule has 24 rings (SSSR count). The van der Waals surface area contributed by atoms with E-state index in [1.165, 1.54) is 143 Å². The van der Waals surface area contributed by atoms with Crippen molar-refractivity contribution >= 4 is 131 Å². The average Bonchev–Trinajstić information content (AvgIpc) is 1.61. The molecule has 622 valence electrons. The third-order valence-corrected chi connectivity index (χ3v) is 26.5. The van der Waals surface area contributed by atoms with Gasteiger partial charge in [0.25, 0.3) is 0 Å². The number of aromatic nitrogens is 4. The summed E-state index contributed by atoms with van der Waals surface area (Å²) in [5.74, 6) is 0. The van der Waals surface area contributed by atoms with Crippen molar-refractivity contribution in [3.8, 4) is 89.5 Å². The molecule has 0 fully saturated rings. The van der Waals surface area contributed by atoms with Crippen LogP contribution in [0.25, 0.3) is 220 Å². The van der Waals surface area contributed by atoms with Gasteiger partial charge in [-0.15, -0.1) is 0 Å². The normalized spacial score (nSPS) is 11.6. The Labute approximate surface area is 750 Å². The van der Waals surface area contributed by atoms with E-state index < -0.39 is 0 Å². The van der Waals surface area contributed by atoms with Gasteiger partial charge in [0.1, 0.15) is 72.9 Å². The molecule has 0 N–H and O–H groups in total. The molecule has 24 aromatic rings. The van der Waals surface area contributed by atoms with Gasteiger partial charge in [-0.1, -0.05) is 279 Å². The molecule has 8 heteroatoms. The van der Waals surface area contributed by atoms with Crippen molar-refractivity contribution in [3.05, 3.63) is 409 Å². The van der Waals surface area contributed by atoms with E-state index >= 15 is 0 Å². The minimum absolute atomic E-state index is 0.951. The SMILES string of the molecule is Cc1c[n+](C)c(-c2c(C)cc(C)c3c2oc2c4ccccc4ccc23)cc1-c1ccccc1.Cc1c[n+](C)c(-c2c(C)ccc3c2oc2c4ccccc4c(C)cc32)cc1-c1ccccc1.Cc1c[n+](C)c(-c2c(C)ccc3c2oc2c4ccccc4ccc32)cc1-c1ccccc1.Cc1ccc2c(oc3c4ccccc4ccc23)c1-c1cc(-c2ccccc2)cc[n+]1C. The fourth-order valence-corrected chi connectivity index (χ4v) is 20.1. The van der Waals surface area contributed by atoms with Crippen molar-refractivity contribution in [2.75, 3.05) is 0 Å². The summed E-state index contributed by atoms with van der Waals surface area (Å²) in [4.78, 5) is 0. The van der Waals surface area contributed by atoms with E-state index in [1.807, 2.05) is 0 Å². The third kappa shape index (κ3) is 14.1. The van der Waals surface area contributed by atoms with Crippen molar-refractivity contribution in [2.45, 2.75) is 62.3 Å². The van der Waals surface area contributed by atoms with E-state index in [4.69, 9.17) is 17.7 Å². The number of rotatable bonds is 8. The zero-order valence-corrected chi connectivity index (χ0v) is 75.0. The Morgan fingerprint density at radius 2 is 0.481 bits per heavy atom. The lowest BCUT2D eigenvalue weighted by Gasteiger charge is -2.11. The van der Waals surface area contributed by atoms with Crippen LogP contribution in [0.1, 0.15) is 50.1 Å². The summed E-state index contributed by atoms with van der Waals surface area (Å²) < 4.78 is 35.5. The molecule has 0 amide bonds. The minimum atomic E-state index is 0.951. The van der Waals surface area contributed by atoms with Crippen molar-refractivity contribution in [1.82, 2.24) is 0 Å². The lowest BCUT2D eigenvalue weighted by Crippen LogP contribution is -2.31. The van der Waals surface area contributed by atoms with E-state index in [9.17, 15) is 0 Å². The number of hydrogen-bond donors (Lipinski definition) is 0. The van der Waals surface area contributed by atoms with Crippen molar-refractivity contribution < 1.29 is 35.9 Å². The Morgan fingerprint density at radius 3 is 0.899 bits per heavy atom. The summed E-state index contributed by atoms with van der Waals surface area (Å²) in [6.45, 7) is 19.6. The molecule has 0 atom stereocenters. The molecule has 0 aliphatic carbocycles. The summed E-state index contributed by atoms with van der Waals surface area (Å²) >= 11 is 0. The van der Waals surface area contributed by atoms with Crippen molar-refractivity contribution in [1.29, 1.82) is 0 Å². The highest BCUT2D eigenvalue weighted by Crippen LogP contribution is 2.47. The maximum Gasteiger partial charge on any atom is 0.216 e. The van der Waals surface area contributed by atoms with Crippen molar-refractivity contribution in [2.24, 2.45) is 28.2 Å². The van der Waals surface area contributed by atoms with Crippen LogP contribution in [0.5, 0.6) is 0 Å². The number of nitrogens with zero attached hydrogens (tertiary/aromatic N) is 4. The Bertz CT molecular complexity index is 8630. The van der Waals surface area contributed by atoms with Gasteiger partial charge in [-0.05, 0) is 186 Å². The van der Waals surface area contributed by atoms with Gasteiger partial charge in [-0.2, -0.15) is 0 Å². The van der Waals surface area contributed by atoms with E-state index in [0.29, 0.717) is 0 Å². The maximum absolute atomic E-state index is 6.73. The van der Waals surface area contributed by atoms with Crippen LogP contribution in [0.15, 0.2) is 376 Å². The second kappa shape index (κ2) is 32.7. The molecule has 8 aromatic heterocycles. The summed E-state index contributed by atoms with van der Waals surface area (Å²) in [5.41, 5.74) is 37.9. The second-order valence-electron chi connectivity index (χ2n) is 35.0. The van der Waals surface area contributed by atoms with Gasteiger partial charge in [0, 0.05) is 112 Å². The number of benzene rings is 16. The third-order valence-electron chi connectivity index (χ3n) is 26.5. The quantitative estimate of drug-likeness (QED) is 0.142. The van der Waals surface area contributed by atoms with E-state index in [2.05, 4.69) is 467 Å². The van der Waals surface area contributed by atoms with Gasteiger partial charge in [-0.25, -0.2) is 18.3 Å². The van der Waals surface area contributed by atoms with Crippen LogP contribution in [-0.4, -0.2) is 0 Å². The van der Waals surface area contributed by atoms with E-state index in [-0.39, 0.29) is 0 Å². The van der Waals surface area contributed by atoms with Gasteiger partial charge in [0.05, 0.1) is 22.3 Å². The van der Waals surface area contributed by atoms with Crippen LogP contribution < -0.4 is 18.3 Å². The van der Waals surface area contributed by atoms with Crippen LogP contribution in [0.2, 0.25) is 0 Å². The lowest BCUT2D eigenvalue weighted by molar-refractivity contribution is -0.660. The summed E-state index contributed by atoms with van der Waals surface area (Å²) in [7, 11) is 8.46. The smallest absolute Gasteiger partial charge is 0.216 e. The fraction of sp³-hybridized carbons (Fsp3) is 0.107. The monoisotopic (exact) mass is 1670 g/mol. The molecule has 0 aliphatic heterocycles. The summed E-state index contributed by atoms with van der Waals surface area (Å²) in [5, 5.41) is 18.9. The first kappa shape index (κ1) is 80.5. The van der Waals surface area contributed by atoms with Crippen LogP contribution in [0, 0.1) is 62.3 Å². The second-order valence-corrected chi connectivity index (χ2v) is 35.0. The zero-order valence-electron chi connectivity index (χ0n) is 75.0. The largest absolute Gasteiger partial charge is 0.454 e. The Hall–Kier alpha value is -15.6. The predicted octanol–water partition coefficient (Wildman–Crippen LogP) is 30.4. The van der Waals surface area contributed by atoms with Crippen LogP contribution in [-0.2, 0) is 28.2 Å². The zero-order chi connectivity index (χ0) is 88.1. The number of fused-ring (bicyclic) bond motifs is 20. The molecular formula is C121H98N4O4+4. The van der Waals surface area contributed by atoms with Gasteiger partial charge < -0.3 is 17.7 Å². The first-order chi connectivity index (χ1) is 62.9. The molecule has 8 heterocycles. The molecule has 129 heavy (non-hydrogen) atoms. The standard InChI is InChI=1S/2C31H26NO.C30H24NO.C29H22NO/c1-19-16-20(2)29(27-17-26(21(3)18-32(27)4)22-10-6-5-7-11-22)31-28(19)25-15-14-23-12-8-9-13-24(23)30(25)33-31;1-19-14-15-25-27-16-20(2)23-12-8-9-13-24(23)30(27)33-31(25)29(19)28-17-26(21(3)18-32(28)4)22-10-6-5-7-11-22;1-19-13-15-25-24-16-14-22-11-7-8-12-23(22)29(24)32-30(25)28(19)27-17-26(20(2)18-31(27)3)21-9-5-4-6-10-21;1-19-12-14-25-24-15-13-21-10-6-7-11-23(21)28(24)31-29(25)27(19)26-18-22(16-17-30(26)2)20-8-4-3-5-9-20/h2*5-18H,1-4H3;4-18H,1-3H3;3-18H,1-2H3/q4*+1. The highest BCUT2D eigenvalue weighted by molar-refractivity contribution is 6.22. The fourth-order valence-electron chi connectivity index (χ4n) is 20.1. The van der Waals surface area contributed by atoms with Gasteiger partial charge in [-0.3, -0.25) is 0 Å². The van der Waals surface area contributed by atoms with Crippen LogP contribution in [0.3, 0.4) is 0 Å². The molecular weight excluding hydrogens is 1570 g/mol. The van der Waals surface area contributed by atoms with Crippen LogP contribution >= 0.6 is 0 Å². The molecule has 8 nitrogen and oxygen atoms in total. The first-order valence-electron chi connectivity index (χ1n) is 44.5. The Balaban J connectivity index is 0.000000104. The maximum atomic E-state index is 6.73. The number of aryl methyl sites for hydroxylation is 13. The highest BCUT2D eigenvalue weighted by atomic mass is 16.3. The molecule has 0 unspecified atom stereocenters.